The summed E-state index contributed by atoms with van der Waals surface area (Å²) in [5.41, 5.74) is 2.12. The first kappa shape index (κ1) is 16.4. The van der Waals surface area contributed by atoms with Crippen molar-refractivity contribution in [3.8, 4) is 5.69 Å². The van der Waals surface area contributed by atoms with Gasteiger partial charge in [0.15, 0.2) is 0 Å². The van der Waals surface area contributed by atoms with Crippen LogP contribution in [0.25, 0.3) is 5.69 Å². The predicted molar refractivity (Wildman–Crippen MR) is 92.0 cm³/mol. The maximum absolute atomic E-state index is 13.3. The molecule has 1 aromatic heterocycles. The largest absolute Gasteiger partial charge is 0.318 e. The van der Waals surface area contributed by atoms with Crippen LogP contribution in [0.3, 0.4) is 0 Å². The number of halogens is 1. The molecule has 1 heterocycles. The van der Waals surface area contributed by atoms with E-state index < -0.39 is 17.6 Å². The third-order valence-electron chi connectivity index (χ3n) is 3.41. The monoisotopic (exact) mass is 338 g/mol. The Hall–Kier alpha value is -3.48. The minimum Gasteiger partial charge on any atom is -0.318 e. The summed E-state index contributed by atoms with van der Waals surface area (Å²) in [6.07, 6.45) is 5.03. The third kappa shape index (κ3) is 4.08. The van der Waals surface area contributed by atoms with Gasteiger partial charge in [-0.3, -0.25) is 9.59 Å². The predicted octanol–water partition coefficient (Wildman–Crippen LogP) is 2.90. The number of benzene rings is 2. The minimum absolute atomic E-state index is 0.227. The Labute approximate surface area is 143 Å². The molecular weight excluding hydrogens is 323 g/mol. The number of hydrogen-bond acceptors (Lipinski definition) is 3. The fraction of sp³-hybridized carbons (Fsp3) is 0.0556. The highest BCUT2D eigenvalue weighted by Crippen LogP contribution is 2.15. The molecule has 3 aromatic rings. The van der Waals surface area contributed by atoms with Crippen molar-refractivity contribution in [1.82, 2.24) is 9.55 Å². The van der Waals surface area contributed by atoms with E-state index in [1.807, 2.05) is 6.07 Å². The Bertz CT molecular complexity index is 902. The third-order valence-corrected chi connectivity index (χ3v) is 3.41. The summed E-state index contributed by atoms with van der Waals surface area (Å²) >= 11 is 0. The molecule has 0 radical (unpaired) electrons. The highest BCUT2D eigenvalue weighted by Gasteiger charge is 2.15. The molecule has 0 saturated heterocycles. The van der Waals surface area contributed by atoms with Gasteiger partial charge in [-0.25, -0.2) is 9.37 Å². The van der Waals surface area contributed by atoms with Crippen LogP contribution in [0.4, 0.5) is 15.8 Å². The van der Waals surface area contributed by atoms with Crippen molar-refractivity contribution in [3.05, 3.63) is 72.6 Å². The zero-order valence-electron chi connectivity index (χ0n) is 13.4. The fourth-order valence-corrected chi connectivity index (χ4v) is 2.34. The number of imidazole rings is 1. The van der Waals surface area contributed by atoms with E-state index in [1.165, 1.54) is 6.07 Å². The van der Waals surface area contributed by atoms with Gasteiger partial charge in [0.25, 0.3) is 0 Å². The minimum atomic E-state index is -0.877. The van der Waals surface area contributed by atoms with Gasteiger partial charge in [0.05, 0.1) is 6.33 Å². The van der Waals surface area contributed by atoms with Gasteiger partial charge in [-0.05, 0) is 48.9 Å². The molecule has 0 fully saturated rings. The molecule has 0 spiro atoms. The zero-order valence-corrected chi connectivity index (χ0v) is 13.4. The lowest BCUT2D eigenvalue weighted by atomic mass is 10.2. The summed E-state index contributed by atoms with van der Waals surface area (Å²) in [5, 5.41) is 4.89. The van der Waals surface area contributed by atoms with Crippen LogP contribution in [-0.4, -0.2) is 21.4 Å². The fourth-order valence-electron chi connectivity index (χ4n) is 2.34. The molecule has 0 aliphatic carbocycles. The van der Waals surface area contributed by atoms with E-state index in [0.29, 0.717) is 11.3 Å². The molecule has 6 nitrogen and oxygen atoms in total. The van der Waals surface area contributed by atoms with E-state index in [1.54, 1.807) is 54.5 Å². The SMILES string of the molecule is Cc1cc(F)cc(NC(=O)C(=O)Nc2cccc(-n3ccnc3)c2)c1. The van der Waals surface area contributed by atoms with Gasteiger partial charge in [-0.1, -0.05) is 6.07 Å². The second-order valence-electron chi connectivity index (χ2n) is 5.45. The molecule has 0 aliphatic rings. The first-order chi connectivity index (χ1) is 12.0. The van der Waals surface area contributed by atoms with Crippen molar-refractivity contribution in [2.24, 2.45) is 0 Å². The van der Waals surface area contributed by atoms with E-state index in [4.69, 9.17) is 0 Å². The maximum Gasteiger partial charge on any atom is 0.314 e. The molecule has 7 heteroatoms. The van der Waals surface area contributed by atoms with Crippen LogP contribution < -0.4 is 10.6 Å². The quantitative estimate of drug-likeness (QED) is 0.721. The number of aromatic nitrogens is 2. The molecular formula is C18H15FN4O2. The van der Waals surface area contributed by atoms with Crippen molar-refractivity contribution in [1.29, 1.82) is 0 Å². The van der Waals surface area contributed by atoms with Gasteiger partial charge in [0, 0.05) is 29.5 Å². The molecule has 0 saturated carbocycles. The van der Waals surface area contributed by atoms with Crippen LogP contribution in [0, 0.1) is 12.7 Å². The highest BCUT2D eigenvalue weighted by molar-refractivity contribution is 6.43. The lowest BCUT2D eigenvalue weighted by Gasteiger charge is -2.09. The normalized spacial score (nSPS) is 10.3. The molecule has 0 unspecified atom stereocenters. The van der Waals surface area contributed by atoms with Crippen LogP contribution >= 0.6 is 0 Å². The van der Waals surface area contributed by atoms with Crippen LogP contribution in [0.1, 0.15) is 5.56 Å². The summed E-state index contributed by atoms with van der Waals surface area (Å²) in [4.78, 5) is 28.0. The number of hydrogen-bond donors (Lipinski definition) is 2. The van der Waals surface area contributed by atoms with Crippen molar-refractivity contribution < 1.29 is 14.0 Å². The average Bonchev–Trinajstić information content (AvgIpc) is 3.08. The molecule has 2 N–H and O–H groups in total. The standard InChI is InChI=1S/C18H15FN4O2/c1-12-7-13(19)9-15(8-12)22-18(25)17(24)21-14-3-2-4-16(10-14)23-6-5-20-11-23/h2-11H,1H3,(H,21,24)(H,22,25). The van der Waals surface area contributed by atoms with Crippen LogP contribution in [-0.2, 0) is 9.59 Å². The Morgan fingerprint density at radius 2 is 1.80 bits per heavy atom. The smallest absolute Gasteiger partial charge is 0.314 e. The van der Waals surface area contributed by atoms with Gasteiger partial charge in [-0.2, -0.15) is 0 Å². The molecule has 2 aromatic carbocycles. The number of carbonyl (C=O) groups excluding carboxylic acids is 2. The number of anilines is 2. The van der Waals surface area contributed by atoms with Crippen LogP contribution in [0.2, 0.25) is 0 Å². The Morgan fingerprint density at radius 1 is 1.04 bits per heavy atom. The van der Waals surface area contributed by atoms with Crippen LogP contribution in [0.5, 0.6) is 0 Å². The van der Waals surface area contributed by atoms with Crippen molar-refractivity contribution in [2.75, 3.05) is 10.6 Å². The number of carbonyl (C=O) groups is 2. The molecule has 0 atom stereocenters. The van der Waals surface area contributed by atoms with Gasteiger partial charge in [0.1, 0.15) is 5.82 Å². The molecule has 2 amide bonds. The van der Waals surface area contributed by atoms with Gasteiger partial charge >= 0.3 is 11.8 Å². The average molecular weight is 338 g/mol. The van der Waals surface area contributed by atoms with E-state index in [9.17, 15) is 14.0 Å². The van der Waals surface area contributed by atoms with Crippen LogP contribution in [0.15, 0.2) is 61.2 Å². The lowest BCUT2D eigenvalue weighted by molar-refractivity contribution is -0.133. The Morgan fingerprint density at radius 3 is 2.48 bits per heavy atom. The van der Waals surface area contributed by atoms with E-state index in [2.05, 4.69) is 15.6 Å². The highest BCUT2D eigenvalue weighted by atomic mass is 19.1. The summed E-state index contributed by atoms with van der Waals surface area (Å²) < 4.78 is 15.1. The molecule has 126 valence electrons. The van der Waals surface area contributed by atoms with E-state index in [0.717, 1.165) is 11.8 Å². The van der Waals surface area contributed by atoms with Crippen molar-refractivity contribution in [2.45, 2.75) is 6.92 Å². The topological polar surface area (TPSA) is 76.0 Å². The van der Waals surface area contributed by atoms with Gasteiger partial charge in [0.2, 0.25) is 0 Å². The lowest BCUT2D eigenvalue weighted by Crippen LogP contribution is -2.29. The molecule has 0 aliphatic heterocycles. The number of nitrogens with zero attached hydrogens (tertiary/aromatic N) is 2. The van der Waals surface area contributed by atoms with Gasteiger partial charge < -0.3 is 15.2 Å². The zero-order chi connectivity index (χ0) is 17.8. The number of amides is 2. The van der Waals surface area contributed by atoms with E-state index >= 15 is 0 Å². The number of rotatable bonds is 3. The molecule has 3 rings (SSSR count). The first-order valence-electron chi connectivity index (χ1n) is 7.49. The molecule has 0 bridgehead atoms. The summed E-state index contributed by atoms with van der Waals surface area (Å²) in [6.45, 7) is 1.69. The Balaban J connectivity index is 1.69. The first-order valence-corrected chi connectivity index (χ1v) is 7.49. The number of aryl methyl sites for hydroxylation is 1. The second kappa shape index (κ2) is 6.96. The summed E-state index contributed by atoms with van der Waals surface area (Å²) in [7, 11) is 0. The maximum atomic E-state index is 13.3. The summed E-state index contributed by atoms with van der Waals surface area (Å²) in [6, 6.07) is 11.0. The van der Waals surface area contributed by atoms with Crippen molar-refractivity contribution >= 4 is 23.2 Å². The van der Waals surface area contributed by atoms with Crippen molar-refractivity contribution in [3.63, 3.8) is 0 Å². The van der Waals surface area contributed by atoms with Gasteiger partial charge in [-0.15, -0.1) is 0 Å². The number of nitrogens with one attached hydrogen (secondary N) is 2. The molecule has 25 heavy (non-hydrogen) atoms. The second-order valence-corrected chi connectivity index (χ2v) is 5.45. The Kier molecular flexibility index (Phi) is 4.56. The van der Waals surface area contributed by atoms with E-state index in [-0.39, 0.29) is 5.69 Å². The summed E-state index contributed by atoms with van der Waals surface area (Å²) in [5.74, 6) is -2.20.